The summed E-state index contributed by atoms with van der Waals surface area (Å²) in [7, 11) is 0. The lowest BCUT2D eigenvalue weighted by atomic mass is 9.95. The Morgan fingerprint density at radius 3 is 2.89 bits per heavy atom. The molecule has 4 heteroatoms. The molecule has 1 heterocycles. The lowest BCUT2D eigenvalue weighted by Crippen LogP contribution is -2.51. The van der Waals surface area contributed by atoms with E-state index in [-0.39, 0.29) is 11.4 Å². The highest BCUT2D eigenvalue weighted by Crippen LogP contribution is 2.41. The van der Waals surface area contributed by atoms with Gasteiger partial charge in [-0.3, -0.25) is 0 Å². The SMILES string of the molecule is CC1(C2CC2)CN(c2ccc(F)cc2Br)CCCN1. The molecule has 0 amide bonds. The van der Waals surface area contributed by atoms with Crippen LogP contribution in [0.2, 0.25) is 0 Å². The molecule has 1 N–H and O–H groups in total. The number of benzene rings is 1. The van der Waals surface area contributed by atoms with E-state index in [0.29, 0.717) is 0 Å². The fourth-order valence-electron chi connectivity index (χ4n) is 3.11. The summed E-state index contributed by atoms with van der Waals surface area (Å²) in [5.41, 5.74) is 1.31. The van der Waals surface area contributed by atoms with Gasteiger partial charge in [-0.05, 0) is 72.8 Å². The Hall–Kier alpha value is -0.610. The highest BCUT2D eigenvalue weighted by Gasteiger charge is 2.43. The molecule has 1 unspecified atom stereocenters. The van der Waals surface area contributed by atoms with Crippen molar-refractivity contribution in [3.8, 4) is 0 Å². The van der Waals surface area contributed by atoms with Gasteiger partial charge in [-0.15, -0.1) is 0 Å². The zero-order chi connectivity index (χ0) is 13.5. The summed E-state index contributed by atoms with van der Waals surface area (Å²) in [5.74, 6) is 0.612. The first-order valence-corrected chi connectivity index (χ1v) is 7.83. The van der Waals surface area contributed by atoms with E-state index >= 15 is 0 Å². The van der Waals surface area contributed by atoms with Gasteiger partial charge >= 0.3 is 0 Å². The van der Waals surface area contributed by atoms with Crippen molar-refractivity contribution in [2.45, 2.75) is 31.7 Å². The van der Waals surface area contributed by atoms with Crippen LogP contribution in [-0.2, 0) is 0 Å². The van der Waals surface area contributed by atoms with Crippen molar-refractivity contribution in [1.82, 2.24) is 5.32 Å². The van der Waals surface area contributed by atoms with Crippen LogP contribution >= 0.6 is 15.9 Å². The zero-order valence-electron chi connectivity index (χ0n) is 11.3. The van der Waals surface area contributed by atoms with Crippen molar-refractivity contribution in [3.05, 3.63) is 28.5 Å². The van der Waals surface area contributed by atoms with Crippen LogP contribution in [0.5, 0.6) is 0 Å². The second-order valence-corrected chi connectivity index (χ2v) is 6.84. The fraction of sp³-hybridized carbons (Fsp3) is 0.600. The Labute approximate surface area is 122 Å². The average molecular weight is 327 g/mol. The number of hydrogen-bond donors (Lipinski definition) is 1. The third kappa shape index (κ3) is 2.79. The maximum absolute atomic E-state index is 13.2. The highest BCUT2D eigenvalue weighted by atomic mass is 79.9. The summed E-state index contributed by atoms with van der Waals surface area (Å²) in [6.07, 6.45) is 3.80. The average Bonchev–Trinajstić information content (AvgIpc) is 3.16. The molecule has 0 aromatic heterocycles. The minimum atomic E-state index is -0.187. The van der Waals surface area contributed by atoms with E-state index < -0.39 is 0 Å². The summed E-state index contributed by atoms with van der Waals surface area (Å²) in [4.78, 5) is 2.39. The molecule has 2 nitrogen and oxygen atoms in total. The molecule has 1 atom stereocenters. The zero-order valence-corrected chi connectivity index (χ0v) is 12.8. The molecule has 0 radical (unpaired) electrons. The first kappa shape index (κ1) is 13.4. The first-order chi connectivity index (χ1) is 9.08. The van der Waals surface area contributed by atoms with Crippen molar-refractivity contribution in [3.63, 3.8) is 0 Å². The summed E-state index contributed by atoms with van der Waals surface area (Å²) in [6.45, 7) is 5.43. The Morgan fingerprint density at radius 2 is 2.21 bits per heavy atom. The van der Waals surface area contributed by atoms with E-state index in [4.69, 9.17) is 0 Å². The van der Waals surface area contributed by atoms with Crippen molar-refractivity contribution in [2.24, 2.45) is 5.92 Å². The van der Waals surface area contributed by atoms with Gasteiger partial charge in [-0.2, -0.15) is 0 Å². The lowest BCUT2D eigenvalue weighted by Gasteiger charge is -2.35. The van der Waals surface area contributed by atoms with Crippen molar-refractivity contribution in [2.75, 3.05) is 24.5 Å². The van der Waals surface area contributed by atoms with Crippen molar-refractivity contribution < 1.29 is 4.39 Å². The molecule has 19 heavy (non-hydrogen) atoms. The molecule has 0 spiro atoms. The summed E-state index contributed by atoms with van der Waals surface area (Å²) in [5, 5.41) is 3.72. The molecule has 0 bridgehead atoms. The standard InChI is InChI=1S/C15H20BrFN2/c1-15(11-3-4-11)10-19(8-2-7-18-15)14-6-5-12(17)9-13(14)16/h5-6,9,11,18H,2-4,7-8,10H2,1H3. The normalized spacial score (nSPS) is 28.3. The largest absolute Gasteiger partial charge is 0.369 e. The Bertz CT molecular complexity index is 475. The van der Waals surface area contributed by atoms with Crippen LogP contribution in [0.15, 0.2) is 22.7 Å². The van der Waals surface area contributed by atoms with E-state index in [1.807, 2.05) is 6.07 Å². The van der Waals surface area contributed by atoms with Crippen LogP contribution in [0.25, 0.3) is 0 Å². The second-order valence-electron chi connectivity index (χ2n) is 5.99. The van der Waals surface area contributed by atoms with Gasteiger partial charge in [-0.25, -0.2) is 4.39 Å². The molecule has 1 saturated heterocycles. The van der Waals surface area contributed by atoms with Gasteiger partial charge in [0.2, 0.25) is 0 Å². The van der Waals surface area contributed by atoms with Gasteiger partial charge in [0.25, 0.3) is 0 Å². The fourth-order valence-corrected chi connectivity index (χ4v) is 3.71. The van der Waals surface area contributed by atoms with Crippen molar-refractivity contribution in [1.29, 1.82) is 0 Å². The van der Waals surface area contributed by atoms with Gasteiger partial charge < -0.3 is 10.2 Å². The van der Waals surface area contributed by atoms with Crippen LogP contribution < -0.4 is 10.2 Å². The second kappa shape index (κ2) is 5.06. The minimum Gasteiger partial charge on any atom is -0.369 e. The Morgan fingerprint density at radius 1 is 1.42 bits per heavy atom. The van der Waals surface area contributed by atoms with Gasteiger partial charge in [-0.1, -0.05) is 0 Å². The maximum atomic E-state index is 13.2. The molecule has 1 aromatic rings. The highest BCUT2D eigenvalue weighted by molar-refractivity contribution is 9.10. The van der Waals surface area contributed by atoms with Crippen LogP contribution in [0.3, 0.4) is 0 Å². The summed E-state index contributed by atoms with van der Waals surface area (Å²) < 4.78 is 14.1. The molecule has 104 valence electrons. The molecule has 2 aliphatic rings. The van der Waals surface area contributed by atoms with E-state index in [1.165, 1.54) is 12.8 Å². The Kier molecular flexibility index (Phi) is 3.56. The van der Waals surface area contributed by atoms with E-state index in [1.54, 1.807) is 12.1 Å². The molecule has 1 saturated carbocycles. The number of nitrogens with zero attached hydrogens (tertiary/aromatic N) is 1. The molecule has 1 aliphatic carbocycles. The van der Waals surface area contributed by atoms with E-state index in [0.717, 1.165) is 42.1 Å². The van der Waals surface area contributed by atoms with Gasteiger partial charge in [0.1, 0.15) is 5.82 Å². The number of hydrogen-bond acceptors (Lipinski definition) is 2. The molecule has 3 rings (SSSR count). The van der Waals surface area contributed by atoms with Gasteiger partial charge in [0.15, 0.2) is 0 Å². The summed E-state index contributed by atoms with van der Waals surface area (Å²) in [6, 6.07) is 4.99. The van der Waals surface area contributed by atoms with E-state index in [2.05, 4.69) is 33.1 Å². The molecule has 1 aliphatic heterocycles. The predicted octanol–water partition coefficient (Wildman–Crippen LogP) is 3.56. The monoisotopic (exact) mass is 326 g/mol. The minimum absolute atomic E-state index is 0.187. The first-order valence-electron chi connectivity index (χ1n) is 7.03. The molecule has 1 aromatic carbocycles. The van der Waals surface area contributed by atoms with Crippen LogP contribution in [0, 0.1) is 11.7 Å². The number of halogens is 2. The van der Waals surface area contributed by atoms with Gasteiger partial charge in [0.05, 0.1) is 5.69 Å². The third-order valence-electron chi connectivity index (χ3n) is 4.38. The Balaban J connectivity index is 1.86. The van der Waals surface area contributed by atoms with E-state index in [9.17, 15) is 4.39 Å². The smallest absolute Gasteiger partial charge is 0.124 e. The molecular formula is C15H20BrFN2. The molecule has 2 fully saturated rings. The maximum Gasteiger partial charge on any atom is 0.124 e. The number of nitrogens with one attached hydrogen (secondary N) is 1. The third-order valence-corrected chi connectivity index (χ3v) is 5.02. The van der Waals surface area contributed by atoms with Crippen LogP contribution in [0.1, 0.15) is 26.2 Å². The van der Waals surface area contributed by atoms with Crippen LogP contribution in [0.4, 0.5) is 10.1 Å². The lowest BCUT2D eigenvalue weighted by molar-refractivity contribution is 0.331. The van der Waals surface area contributed by atoms with Crippen molar-refractivity contribution >= 4 is 21.6 Å². The van der Waals surface area contributed by atoms with Crippen LogP contribution in [-0.4, -0.2) is 25.2 Å². The number of rotatable bonds is 2. The summed E-state index contributed by atoms with van der Waals surface area (Å²) >= 11 is 3.50. The topological polar surface area (TPSA) is 15.3 Å². The quantitative estimate of drug-likeness (QED) is 0.894. The van der Waals surface area contributed by atoms with Gasteiger partial charge in [0, 0.05) is 23.1 Å². The predicted molar refractivity (Wildman–Crippen MR) is 80.1 cm³/mol. The molecular weight excluding hydrogens is 307 g/mol. The number of anilines is 1.